The topological polar surface area (TPSA) is 35.8 Å². The first-order valence-corrected chi connectivity index (χ1v) is 7.21. The van der Waals surface area contributed by atoms with E-state index in [1.807, 2.05) is 0 Å². The van der Waals surface area contributed by atoms with Crippen LogP contribution >= 0.6 is 22.6 Å². The maximum absolute atomic E-state index is 9.17. The van der Waals surface area contributed by atoms with Crippen LogP contribution in [0, 0.1) is 27.7 Å². The summed E-state index contributed by atoms with van der Waals surface area (Å²) >= 11 is 2.33. The third-order valence-electron chi connectivity index (χ3n) is 3.47. The lowest BCUT2D eigenvalue weighted by atomic mass is 9.85. The Hall–Kier alpha value is -0.760. The lowest BCUT2D eigenvalue weighted by molar-refractivity contribution is 0.388. The van der Waals surface area contributed by atoms with E-state index in [1.165, 1.54) is 27.7 Å². The average molecular weight is 340 g/mol. The molecule has 0 spiro atoms. The fraction of sp³-hybridized carbons (Fsp3) is 0.500. The molecule has 0 amide bonds. The van der Waals surface area contributed by atoms with Crippen molar-refractivity contribution >= 4 is 28.3 Å². The quantitative estimate of drug-likeness (QED) is 0.823. The van der Waals surface area contributed by atoms with Crippen molar-refractivity contribution in [3.63, 3.8) is 0 Å². The summed E-state index contributed by atoms with van der Waals surface area (Å²) in [5.74, 6) is 0.168. The predicted octanol–water partition coefficient (Wildman–Crippen LogP) is 4.09. The van der Waals surface area contributed by atoms with Crippen molar-refractivity contribution in [3.8, 4) is 6.07 Å². The predicted molar refractivity (Wildman–Crippen MR) is 78.9 cm³/mol. The lowest BCUT2D eigenvalue weighted by Crippen LogP contribution is -2.31. The van der Waals surface area contributed by atoms with Crippen LogP contribution in [0.25, 0.3) is 0 Å². The fourth-order valence-corrected chi connectivity index (χ4v) is 2.90. The molecule has 0 saturated heterocycles. The Kier molecular flexibility index (Phi) is 4.27. The monoisotopic (exact) mass is 340 g/mol. The van der Waals surface area contributed by atoms with Crippen molar-refractivity contribution in [3.05, 3.63) is 27.3 Å². The summed E-state index contributed by atoms with van der Waals surface area (Å²) in [6, 6.07) is 9.18. The van der Waals surface area contributed by atoms with E-state index >= 15 is 0 Å². The molecule has 2 rings (SSSR count). The van der Waals surface area contributed by atoms with Gasteiger partial charge in [0.15, 0.2) is 0 Å². The molecule has 1 aliphatic rings. The first kappa shape index (κ1) is 12.7. The van der Waals surface area contributed by atoms with Crippen LogP contribution < -0.4 is 5.32 Å². The molecule has 0 bridgehead atoms. The van der Waals surface area contributed by atoms with E-state index in [9.17, 15) is 5.26 Å². The van der Waals surface area contributed by atoms with Crippen LogP contribution in [0.1, 0.15) is 31.2 Å². The van der Waals surface area contributed by atoms with Crippen molar-refractivity contribution in [1.82, 2.24) is 0 Å². The molecule has 0 aliphatic heterocycles. The smallest absolute Gasteiger partial charge is 0.0677 e. The molecule has 3 heteroatoms. The van der Waals surface area contributed by atoms with Crippen molar-refractivity contribution < 1.29 is 0 Å². The summed E-state index contributed by atoms with van der Waals surface area (Å²) < 4.78 is 1.24. The molecular weight excluding hydrogens is 323 g/mol. The Morgan fingerprint density at radius 2 is 2.12 bits per heavy atom. The summed E-state index contributed by atoms with van der Waals surface area (Å²) in [5.41, 5.74) is 2.44. The number of anilines is 1. The number of benzene rings is 1. The maximum Gasteiger partial charge on any atom is 0.0677 e. The number of nitriles is 1. The minimum Gasteiger partial charge on any atom is -0.381 e. The molecule has 2 nitrogen and oxygen atoms in total. The molecule has 0 radical (unpaired) electrons. The molecule has 0 aromatic heterocycles. The third-order valence-corrected chi connectivity index (χ3v) is 4.14. The highest BCUT2D eigenvalue weighted by molar-refractivity contribution is 14.1. The van der Waals surface area contributed by atoms with Crippen LogP contribution in [0.2, 0.25) is 0 Å². The Labute approximate surface area is 117 Å². The first-order valence-electron chi connectivity index (χ1n) is 6.13. The van der Waals surface area contributed by atoms with E-state index < -0.39 is 0 Å². The van der Waals surface area contributed by atoms with Gasteiger partial charge in [0.2, 0.25) is 0 Å². The van der Waals surface area contributed by atoms with Gasteiger partial charge in [-0.1, -0.05) is 18.9 Å². The Morgan fingerprint density at radius 1 is 1.35 bits per heavy atom. The van der Waals surface area contributed by atoms with Gasteiger partial charge in [-0.15, -0.1) is 0 Å². The Morgan fingerprint density at radius 3 is 2.88 bits per heavy atom. The molecule has 1 saturated carbocycles. The molecule has 1 aromatic carbocycles. The molecule has 90 valence electrons. The molecular formula is C14H17IN2. The molecule has 0 heterocycles. The highest BCUT2D eigenvalue weighted by atomic mass is 127. The van der Waals surface area contributed by atoms with Crippen LogP contribution in [0.15, 0.2) is 18.2 Å². The van der Waals surface area contributed by atoms with Crippen LogP contribution in [-0.2, 0) is 0 Å². The average Bonchev–Trinajstić information content (AvgIpc) is 2.34. The number of rotatable bonds is 2. The van der Waals surface area contributed by atoms with Crippen LogP contribution in [0.4, 0.5) is 5.69 Å². The summed E-state index contributed by atoms with van der Waals surface area (Å²) in [5, 5.41) is 12.7. The first-order chi connectivity index (χ1) is 8.20. The highest BCUT2D eigenvalue weighted by Gasteiger charge is 2.24. The van der Waals surface area contributed by atoms with Gasteiger partial charge in [-0.05, 0) is 60.1 Å². The van der Waals surface area contributed by atoms with E-state index in [0.29, 0.717) is 6.04 Å². The number of nitrogens with zero attached hydrogens (tertiary/aromatic N) is 1. The number of aryl methyl sites for hydroxylation is 1. The Bertz CT molecular complexity index is 436. The largest absolute Gasteiger partial charge is 0.381 e. The van der Waals surface area contributed by atoms with Gasteiger partial charge in [0.1, 0.15) is 0 Å². The van der Waals surface area contributed by atoms with Gasteiger partial charge in [-0.2, -0.15) is 5.26 Å². The minimum absolute atomic E-state index is 0.168. The SMILES string of the molecule is Cc1ccc(I)cc1NC1CCCCC1C#N. The summed E-state index contributed by atoms with van der Waals surface area (Å²) in [6.07, 6.45) is 4.58. The van der Waals surface area contributed by atoms with Gasteiger partial charge in [0, 0.05) is 15.3 Å². The zero-order valence-electron chi connectivity index (χ0n) is 10.0. The summed E-state index contributed by atoms with van der Waals surface area (Å²) in [4.78, 5) is 0. The second-order valence-electron chi connectivity index (χ2n) is 4.73. The number of nitrogens with one attached hydrogen (secondary N) is 1. The molecule has 1 aromatic rings. The zero-order chi connectivity index (χ0) is 12.3. The van der Waals surface area contributed by atoms with Crippen molar-refractivity contribution in [2.75, 3.05) is 5.32 Å². The van der Waals surface area contributed by atoms with Crippen LogP contribution in [-0.4, -0.2) is 6.04 Å². The van der Waals surface area contributed by atoms with E-state index in [-0.39, 0.29) is 5.92 Å². The summed E-state index contributed by atoms with van der Waals surface area (Å²) in [6.45, 7) is 2.11. The molecule has 1 N–H and O–H groups in total. The second-order valence-corrected chi connectivity index (χ2v) is 5.98. The van der Waals surface area contributed by atoms with Gasteiger partial charge in [-0.25, -0.2) is 0 Å². The molecule has 2 unspecified atom stereocenters. The normalized spacial score (nSPS) is 24.1. The molecule has 1 aliphatic carbocycles. The molecule has 1 fully saturated rings. The maximum atomic E-state index is 9.17. The standard InChI is InChI=1S/C14H17IN2/c1-10-6-7-12(15)8-14(10)17-13-5-3-2-4-11(13)9-16/h6-8,11,13,17H,2-5H2,1H3. The fourth-order valence-electron chi connectivity index (χ4n) is 2.41. The Balaban J connectivity index is 2.14. The van der Waals surface area contributed by atoms with Crippen LogP contribution in [0.5, 0.6) is 0 Å². The van der Waals surface area contributed by atoms with Crippen molar-refractivity contribution in [2.45, 2.75) is 38.6 Å². The van der Waals surface area contributed by atoms with Gasteiger partial charge >= 0.3 is 0 Å². The van der Waals surface area contributed by atoms with E-state index in [2.05, 4.69) is 59.1 Å². The van der Waals surface area contributed by atoms with E-state index in [1.54, 1.807) is 0 Å². The van der Waals surface area contributed by atoms with Crippen molar-refractivity contribution in [1.29, 1.82) is 5.26 Å². The van der Waals surface area contributed by atoms with Gasteiger partial charge in [0.25, 0.3) is 0 Å². The van der Waals surface area contributed by atoms with E-state index in [0.717, 1.165) is 12.8 Å². The minimum atomic E-state index is 0.168. The van der Waals surface area contributed by atoms with Gasteiger partial charge in [0.05, 0.1) is 12.0 Å². The number of halogens is 1. The second kappa shape index (κ2) is 5.72. The molecule has 17 heavy (non-hydrogen) atoms. The lowest BCUT2D eigenvalue weighted by Gasteiger charge is -2.29. The van der Waals surface area contributed by atoms with E-state index in [4.69, 9.17) is 0 Å². The van der Waals surface area contributed by atoms with Crippen molar-refractivity contribution in [2.24, 2.45) is 5.92 Å². The number of hydrogen-bond donors (Lipinski definition) is 1. The molecule has 2 atom stereocenters. The van der Waals surface area contributed by atoms with Crippen LogP contribution in [0.3, 0.4) is 0 Å². The summed E-state index contributed by atoms with van der Waals surface area (Å²) in [7, 11) is 0. The third kappa shape index (κ3) is 3.12. The number of hydrogen-bond acceptors (Lipinski definition) is 2. The highest BCUT2D eigenvalue weighted by Crippen LogP contribution is 2.28. The van der Waals surface area contributed by atoms with Gasteiger partial charge in [-0.3, -0.25) is 0 Å². The van der Waals surface area contributed by atoms with Gasteiger partial charge < -0.3 is 5.32 Å². The zero-order valence-corrected chi connectivity index (χ0v) is 12.2.